The topological polar surface area (TPSA) is 115 Å². The van der Waals surface area contributed by atoms with E-state index in [-0.39, 0.29) is 23.7 Å². The number of H-pyrrole nitrogens is 1. The van der Waals surface area contributed by atoms with Gasteiger partial charge in [0.2, 0.25) is 11.9 Å². The molecule has 38 heavy (non-hydrogen) atoms. The van der Waals surface area contributed by atoms with Crippen molar-refractivity contribution in [2.45, 2.75) is 56.9 Å². The number of piperidine rings is 1. The first-order valence-corrected chi connectivity index (χ1v) is 13.8. The SMILES string of the molecule is CN(C)CC(=O)N1CCCC(CC(=O)[C@@H]2CCCN2c2nc(Nc3cc(C4CC4)[nH]n3)c3cccn3n2)C1. The molecule has 1 amide bonds. The van der Waals surface area contributed by atoms with Crippen LogP contribution in [-0.4, -0.2) is 92.6 Å². The zero-order chi connectivity index (χ0) is 26.2. The molecule has 1 aliphatic carbocycles. The highest BCUT2D eigenvalue weighted by molar-refractivity contribution is 5.88. The number of rotatable bonds is 9. The fraction of sp³-hybridized carbons (Fsp3) is 0.593. The average Bonchev–Trinajstić information content (AvgIpc) is 3.26. The molecule has 1 saturated carbocycles. The highest BCUT2D eigenvalue weighted by atomic mass is 16.2. The van der Waals surface area contributed by atoms with Gasteiger partial charge in [-0.1, -0.05) is 0 Å². The van der Waals surface area contributed by atoms with E-state index in [4.69, 9.17) is 10.1 Å². The van der Waals surface area contributed by atoms with E-state index in [1.165, 1.54) is 12.8 Å². The fourth-order valence-corrected chi connectivity index (χ4v) is 5.85. The van der Waals surface area contributed by atoms with Gasteiger partial charge in [-0.3, -0.25) is 14.7 Å². The number of hydrogen-bond donors (Lipinski definition) is 2. The van der Waals surface area contributed by atoms with E-state index >= 15 is 0 Å². The molecule has 11 nitrogen and oxygen atoms in total. The number of likely N-dealkylation sites (N-methyl/N-ethyl adjacent to an activating group) is 1. The number of nitrogens with zero attached hydrogens (tertiary/aromatic N) is 7. The van der Waals surface area contributed by atoms with E-state index in [0.29, 0.717) is 37.2 Å². The van der Waals surface area contributed by atoms with E-state index in [1.54, 1.807) is 0 Å². The molecule has 2 atom stereocenters. The minimum absolute atomic E-state index is 0.143. The molecule has 3 aliphatic rings. The van der Waals surface area contributed by atoms with E-state index < -0.39 is 0 Å². The number of likely N-dealkylation sites (tertiary alicyclic amines) is 1. The second kappa shape index (κ2) is 10.4. The van der Waals surface area contributed by atoms with Gasteiger partial charge in [0.05, 0.1) is 12.6 Å². The summed E-state index contributed by atoms with van der Waals surface area (Å²) in [7, 11) is 3.82. The molecule has 0 radical (unpaired) electrons. The van der Waals surface area contributed by atoms with Crippen molar-refractivity contribution in [1.82, 2.24) is 34.6 Å². The number of carbonyl (C=O) groups is 2. The van der Waals surface area contributed by atoms with E-state index in [9.17, 15) is 9.59 Å². The van der Waals surface area contributed by atoms with Crippen LogP contribution in [0.5, 0.6) is 0 Å². The Labute approximate surface area is 222 Å². The summed E-state index contributed by atoms with van der Waals surface area (Å²) in [6, 6.07) is 5.73. The summed E-state index contributed by atoms with van der Waals surface area (Å²) in [5.74, 6) is 3.12. The number of nitrogens with one attached hydrogen (secondary N) is 2. The minimum atomic E-state index is -0.240. The van der Waals surface area contributed by atoms with Crippen LogP contribution in [0.2, 0.25) is 0 Å². The van der Waals surface area contributed by atoms with Gasteiger partial charge >= 0.3 is 0 Å². The summed E-state index contributed by atoms with van der Waals surface area (Å²) in [5.41, 5.74) is 2.01. The van der Waals surface area contributed by atoms with Crippen molar-refractivity contribution in [3.05, 3.63) is 30.1 Å². The molecule has 2 aliphatic heterocycles. The first-order chi connectivity index (χ1) is 18.4. The molecule has 1 unspecified atom stereocenters. The van der Waals surface area contributed by atoms with Gasteiger partial charge in [0.1, 0.15) is 5.52 Å². The Morgan fingerprint density at radius 3 is 2.82 bits per heavy atom. The zero-order valence-corrected chi connectivity index (χ0v) is 22.3. The third-order valence-corrected chi connectivity index (χ3v) is 7.94. The summed E-state index contributed by atoms with van der Waals surface area (Å²) in [6.07, 6.45) is 8.46. The molecule has 6 rings (SSSR count). The number of anilines is 3. The first kappa shape index (κ1) is 24.8. The van der Waals surface area contributed by atoms with Crippen LogP contribution in [0.4, 0.5) is 17.6 Å². The maximum absolute atomic E-state index is 13.6. The second-order valence-corrected chi connectivity index (χ2v) is 11.3. The lowest BCUT2D eigenvalue weighted by Gasteiger charge is -2.34. The third kappa shape index (κ3) is 5.24. The van der Waals surface area contributed by atoms with Gasteiger partial charge in [0, 0.05) is 49.9 Å². The van der Waals surface area contributed by atoms with Gasteiger partial charge in [0.25, 0.3) is 0 Å². The number of amides is 1. The molecule has 11 heteroatoms. The predicted molar refractivity (Wildman–Crippen MR) is 145 cm³/mol. The Morgan fingerprint density at radius 2 is 2.00 bits per heavy atom. The van der Waals surface area contributed by atoms with Gasteiger partial charge in [-0.2, -0.15) is 10.1 Å². The van der Waals surface area contributed by atoms with Crippen molar-refractivity contribution in [2.75, 3.05) is 50.5 Å². The highest BCUT2D eigenvalue weighted by Crippen LogP contribution is 2.40. The summed E-state index contributed by atoms with van der Waals surface area (Å²) in [5, 5.41) is 15.7. The van der Waals surface area contributed by atoms with Crippen LogP contribution in [0, 0.1) is 5.92 Å². The molecular weight excluding hydrogens is 482 g/mol. The first-order valence-electron chi connectivity index (χ1n) is 13.8. The summed E-state index contributed by atoms with van der Waals surface area (Å²) < 4.78 is 1.81. The smallest absolute Gasteiger partial charge is 0.246 e. The van der Waals surface area contributed by atoms with Crippen LogP contribution in [0.15, 0.2) is 24.4 Å². The maximum Gasteiger partial charge on any atom is 0.246 e. The lowest BCUT2D eigenvalue weighted by molar-refractivity contribution is -0.134. The second-order valence-electron chi connectivity index (χ2n) is 11.3. The summed E-state index contributed by atoms with van der Waals surface area (Å²) >= 11 is 0. The van der Waals surface area contributed by atoms with Gasteiger partial charge < -0.3 is 20.0 Å². The minimum Gasteiger partial charge on any atom is -0.341 e. The quantitative estimate of drug-likeness (QED) is 0.444. The molecule has 0 spiro atoms. The highest BCUT2D eigenvalue weighted by Gasteiger charge is 2.35. The molecule has 2 N–H and O–H groups in total. The Balaban J connectivity index is 1.17. The lowest BCUT2D eigenvalue weighted by atomic mass is 9.90. The zero-order valence-electron chi connectivity index (χ0n) is 22.3. The van der Waals surface area contributed by atoms with Gasteiger partial charge in [-0.15, -0.1) is 5.10 Å². The van der Waals surface area contributed by atoms with Gasteiger partial charge in [-0.05, 0) is 70.7 Å². The van der Waals surface area contributed by atoms with Crippen LogP contribution in [0.3, 0.4) is 0 Å². The average molecular weight is 520 g/mol. The number of carbonyl (C=O) groups excluding carboxylic acids is 2. The lowest BCUT2D eigenvalue weighted by Crippen LogP contribution is -2.45. The fourth-order valence-electron chi connectivity index (χ4n) is 5.85. The molecule has 5 heterocycles. The molecule has 2 saturated heterocycles. The third-order valence-electron chi connectivity index (χ3n) is 7.94. The normalized spacial score (nSPS) is 22.0. The molecule has 3 fully saturated rings. The monoisotopic (exact) mass is 519 g/mol. The van der Waals surface area contributed by atoms with E-state index in [0.717, 1.165) is 55.8 Å². The molecule has 202 valence electrons. The molecule has 3 aromatic rings. The van der Waals surface area contributed by atoms with Gasteiger partial charge in [-0.25, -0.2) is 4.52 Å². The van der Waals surface area contributed by atoms with Crippen LogP contribution in [-0.2, 0) is 9.59 Å². The molecule has 0 aromatic carbocycles. The van der Waals surface area contributed by atoms with Crippen molar-refractivity contribution in [1.29, 1.82) is 0 Å². The number of hydrogen-bond acceptors (Lipinski definition) is 8. The van der Waals surface area contributed by atoms with Gasteiger partial charge in [0.15, 0.2) is 17.4 Å². The number of ketones is 1. The van der Waals surface area contributed by atoms with Crippen molar-refractivity contribution in [3.8, 4) is 0 Å². The van der Waals surface area contributed by atoms with Crippen LogP contribution < -0.4 is 10.2 Å². The number of aromatic amines is 1. The maximum atomic E-state index is 13.6. The number of aromatic nitrogens is 5. The van der Waals surface area contributed by atoms with Crippen LogP contribution >= 0.6 is 0 Å². The Hall–Kier alpha value is -3.47. The van der Waals surface area contributed by atoms with Crippen molar-refractivity contribution >= 4 is 34.8 Å². The van der Waals surface area contributed by atoms with Crippen molar-refractivity contribution in [3.63, 3.8) is 0 Å². The standard InChI is InChI=1S/C27H37N9O2/c1-33(2)17-25(38)34-11-3-6-18(16-34)14-23(37)21-7-4-12-35(21)27-29-26(22-8-5-13-36(22)32-27)28-24-15-20(30-31-24)19-9-10-19/h5,8,13,15,18-19,21H,3-4,6-7,9-12,14,16-17H2,1-2H3,(H2,28,29,30,31,32)/t18?,21-/m0/s1. The Kier molecular flexibility index (Phi) is 6.77. The summed E-state index contributed by atoms with van der Waals surface area (Å²) in [4.78, 5) is 36.9. The number of Topliss-reactive ketones (excluding diaryl/α,β-unsaturated/α-hetero) is 1. The van der Waals surface area contributed by atoms with Crippen molar-refractivity contribution in [2.24, 2.45) is 5.92 Å². The van der Waals surface area contributed by atoms with Crippen molar-refractivity contribution < 1.29 is 9.59 Å². The van der Waals surface area contributed by atoms with E-state index in [2.05, 4.69) is 26.5 Å². The van der Waals surface area contributed by atoms with Crippen LogP contribution in [0.25, 0.3) is 5.52 Å². The Morgan fingerprint density at radius 1 is 1.16 bits per heavy atom. The van der Waals surface area contributed by atoms with Crippen LogP contribution in [0.1, 0.15) is 56.6 Å². The molecule has 0 bridgehead atoms. The number of fused-ring (bicyclic) bond motifs is 1. The molecular formula is C27H37N9O2. The predicted octanol–water partition coefficient (Wildman–Crippen LogP) is 2.80. The summed E-state index contributed by atoms with van der Waals surface area (Å²) in [6.45, 7) is 2.60. The molecule has 3 aromatic heterocycles. The largest absolute Gasteiger partial charge is 0.341 e. The van der Waals surface area contributed by atoms with E-state index in [1.807, 2.05) is 46.7 Å². The Bertz CT molecular complexity index is 1310.